The van der Waals surface area contributed by atoms with Crippen molar-refractivity contribution in [1.82, 2.24) is 20.2 Å². The smallest absolute Gasteiger partial charge is 0.472 e. The molecule has 8 rings (SSSR count). The minimum Gasteiger partial charge on any atom is -0.481 e. The number of aliphatic hydroxyl groups excluding tert-OH is 2. The maximum atomic E-state index is 14.4. The number of nitrogens with one attached hydrogen (secondary N) is 2. The minimum absolute atomic E-state index is 0.0216. The van der Waals surface area contributed by atoms with Gasteiger partial charge in [0.2, 0.25) is 35.4 Å². The second-order valence-electron chi connectivity index (χ2n) is 27.0. The lowest BCUT2D eigenvalue weighted by atomic mass is 9.55. The fraction of sp³-hybridized carbons (Fsp3) is 0.629. The van der Waals surface area contributed by atoms with Crippen LogP contribution in [0.1, 0.15) is 150 Å². The maximum absolute atomic E-state index is 14.4. The van der Waals surface area contributed by atoms with Crippen LogP contribution in [-0.4, -0.2) is 137 Å². The number of amides is 6. The highest BCUT2D eigenvalue weighted by Crippen LogP contribution is 2.63. The highest BCUT2D eigenvalue weighted by Gasteiger charge is 2.66. The third-order valence-electron chi connectivity index (χ3n) is 20.6. The molecular weight excluding hydrogens is 1180 g/mol. The molecule has 2 aromatic rings. The quantitative estimate of drug-likeness (QED) is 0.0597. The Morgan fingerprint density at radius 2 is 1.44 bits per heavy atom. The molecule has 2 fully saturated rings. The molecule has 7 heterocycles. The van der Waals surface area contributed by atoms with Crippen LogP contribution in [-0.2, 0) is 51.9 Å². The number of aromatic nitrogens is 2. The van der Waals surface area contributed by atoms with Gasteiger partial charge in [0.05, 0.1) is 41.7 Å². The van der Waals surface area contributed by atoms with Crippen LogP contribution in [0.15, 0.2) is 67.8 Å². The molecule has 27 nitrogen and oxygen atoms in total. The Morgan fingerprint density at radius 1 is 0.822 bits per heavy atom. The Hall–Kier alpha value is -7.00. The normalized spacial score (nSPS) is 32.8. The van der Waals surface area contributed by atoms with E-state index in [1.165, 1.54) is 13.3 Å². The summed E-state index contributed by atoms with van der Waals surface area (Å²) >= 11 is 0. The lowest BCUT2D eigenvalue weighted by Gasteiger charge is -2.48. The van der Waals surface area contributed by atoms with Crippen LogP contribution in [0.4, 0.5) is 0 Å². The standard InChI is InChI=1S/C62H89N12O15P/c1-29-20-39-40(21-30(29)2)74(28-69-39)57-52(84)53(41(27-75)87-57)89-90(85,86)88-31(3)26-68-48(81)18-19-59(8)37(22-45(65)78)56-62(11)61(10,25-47(67)80)36(13-16-44(64)77)51(73-62)33(5)55-60(9,24-46(66)79)34(14-17-49(82)83)38(70-55)23-42-58(6,7)35(12-15-43(63)76)50(71-42)32(4)54(59)72-56/h20-21,23,28,31,34-37,41,52-53,56-57,70,75,84H,12-19,22,24-27H2,1-11H3,(H2,63,76)(H2,64,77)(H2,65,78)(H2,66,79)(H2,67,80)(H,68,81)(H,82,83)(H,85,86)/b38-23?,50-32?,55-33-. The average Bonchev–Trinajstić information content (AvgIpc) is 1.53. The third-order valence-corrected chi connectivity index (χ3v) is 21.7. The number of aliphatic hydroxyl groups is 2. The topological polar surface area (TPSA) is 454 Å². The van der Waals surface area contributed by atoms with Crippen LogP contribution in [0.2, 0.25) is 0 Å². The Morgan fingerprint density at radius 3 is 2.04 bits per heavy atom. The molecule has 0 aliphatic carbocycles. The van der Waals surface area contributed by atoms with Gasteiger partial charge in [-0.2, -0.15) is 0 Å². The molecule has 2 saturated heterocycles. The number of primary amides is 5. The van der Waals surface area contributed by atoms with Crippen LogP contribution < -0.4 is 39.3 Å². The highest BCUT2D eigenvalue weighted by molar-refractivity contribution is 7.47. The van der Waals surface area contributed by atoms with Crippen LogP contribution in [0.5, 0.6) is 0 Å². The number of aryl methyl sites for hydroxylation is 2. The number of hydrogen-bond acceptors (Lipinski definition) is 18. The van der Waals surface area contributed by atoms with E-state index in [1.54, 1.807) is 11.5 Å². The summed E-state index contributed by atoms with van der Waals surface area (Å²) in [4.78, 5) is 125. The molecule has 6 amide bonds. The SMILES string of the molecule is CC1=C2N=C(C=C3N/C(=C(/C)C4=NC(C)(C5N=C1C(C)(CCC(=O)NCC(C)OP(=O)(O)OC1C(CO)OC(n6cnc7cc(C)c(C)cc76)C1O)C5CC(N)=O)C(C)(CC(N)=O)C4CCC(N)=O)C(C)(CC(N)=O)C3CCC(=O)O)C(C)(C)C2CCC(N)=O. The Balaban J connectivity index is 1.19. The molecule has 15 unspecified atom stereocenters. The van der Waals surface area contributed by atoms with Crippen molar-refractivity contribution in [3.05, 3.63) is 63.9 Å². The molecule has 1 aromatic heterocycles. The number of carboxylic acid groups (broad SMARTS) is 1. The van der Waals surface area contributed by atoms with E-state index in [1.807, 2.05) is 80.5 Å². The number of carbonyl (C=O) groups excluding carboxylic acids is 6. The Bertz CT molecular complexity index is 3540. The minimum atomic E-state index is -5.07. The molecule has 0 radical (unpaired) electrons. The zero-order valence-electron chi connectivity index (χ0n) is 53.1. The number of hydrogen-bond donors (Lipinski definition) is 11. The first-order valence-electron chi connectivity index (χ1n) is 30.5. The third kappa shape index (κ3) is 13.0. The first kappa shape index (κ1) is 68.9. The molecule has 8 bridgehead atoms. The van der Waals surface area contributed by atoms with Gasteiger partial charge < -0.3 is 68.8 Å². The molecule has 15 atom stereocenters. The fourth-order valence-electron chi connectivity index (χ4n) is 15.4. The monoisotopic (exact) mass is 1270 g/mol. The zero-order chi connectivity index (χ0) is 66.7. The van der Waals surface area contributed by atoms with Crippen molar-refractivity contribution in [2.24, 2.45) is 89.0 Å². The maximum Gasteiger partial charge on any atom is 0.472 e. The Kier molecular flexibility index (Phi) is 19.6. The first-order valence-corrected chi connectivity index (χ1v) is 32.0. The van der Waals surface area contributed by atoms with Crippen LogP contribution >= 0.6 is 7.82 Å². The van der Waals surface area contributed by atoms with Crippen molar-refractivity contribution in [2.75, 3.05) is 13.2 Å². The molecule has 492 valence electrons. The molecule has 6 aliphatic rings. The molecule has 1 aromatic carbocycles. The van der Waals surface area contributed by atoms with Crippen molar-refractivity contribution in [1.29, 1.82) is 0 Å². The van der Waals surface area contributed by atoms with Gasteiger partial charge in [0.1, 0.15) is 18.3 Å². The summed E-state index contributed by atoms with van der Waals surface area (Å²) < 4.78 is 32.2. The van der Waals surface area contributed by atoms with E-state index in [9.17, 15) is 58.3 Å². The summed E-state index contributed by atoms with van der Waals surface area (Å²) in [6, 6.07) is 2.68. The number of phosphoric ester groups is 1. The van der Waals surface area contributed by atoms with Crippen molar-refractivity contribution in [3.63, 3.8) is 0 Å². The molecule has 6 aliphatic heterocycles. The Labute approximate surface area is 522 Å². The number of carboxylic acids is 1. The molecule has 16 N–H and O–H groups in total. The summed E-state index contributed by atoms with van der Waals surface area (Å²) in [7, 11) is -5.07. The number of benzene rings is 1. The molecule has 0 saturated carbocycles. The molecule has 28 heteroatoms. The van der Waals surface area contributed by atoms with Gasteiger partial charge >= 0.3 is 13.8 Å². The van der Waals surface area contributed by atoms with Gasteiger partial charge in [-0.1, -0.05) is 34.6 Å². The lowest BCUT2D eigenvalue weighted by molar-refractivity contribution is -0.137. The number of fused-ring (bicyclic) bond motifs is 7. The van der Waals surface area contributed by atoms with Gasteiger partial charge in [-0.05, 0) is 108 Å². The number of aliphatic imine (C=N–C) groups is 3. The predicted octanol–water partition coefficient (Wildman–Crippen LogP) is 3.76. The second kappa shape index (κ2) is 25.6. The van der Waals surface area contributed by atoms with Crippen molar-refractivity contribution in [2.45, 2.75) is 189 Å². The van der Waals surface area contributed by atoms with E-state index in [2.05, 4.69) is 15.6 Å². The number of rotatable bonds is 26. The van der Waals surface area contributed by atoms with Crippen molar-refractivity contribution in [3.8, 4) is 0 Å². The van der Waals surface area contributed by atoms with Crippen LogP contribution in [0.25, 0.3) is 11.0 Å². The number of imidazole rings is 1. The average molecular weight is 1270 g/mol. The summed E-state index contributed by atoms with van der Waals surface area (Å²) in [6.07, 6.45) is -4.81. The van der Waals surface area contributed by atoms with Gasteiger partial charge in [0.15, 0.2) is 6.23 Å². The second-order valence-corrected chi connectivity index (χ2v) is 28.4. The first-order chi connectivity index (χ1) is 41.8. The number of aliphatic carboxylic acids is 1. The summed E-state index contributed by atoms with van der Waals surface area (Å²) in [5.41, 5.74) is 31.1. The summed E-state index contributed by atoms with van der Waals surface area (Å²) in [5.74, 6) is -7.90. The van der Waals surface area contributed by atoms with E-state index in [4.69, 9.17) is 57.4 Å². The largest absolute Gasteiger partial charge is 0.481 e. The fourth-order valence-corrected chi connectivity index (χ4v) is 16.6. The van der Waals surface area contributed by atoms with Gasteiger partial charge in [-0.25, -0.2) is 9.55 Å². The summed E-state index contributed by atoms with van der Waals surface area (Å²) in [5, 5.41) is 38.3. The summed E-state index contributed by atoms with van der Waals surface area (Å²) in [6.45, 7) is 19.1. The van der Waals surface area contributed by atoms with Crippen molar-refractivity contribution >= 4 is 77.4 Å². The van der Waals surface area contributed by atoms with Gasteiger partial charge in [0, 0.05) is 131 Å². The van der Waals surface area contributed by atoms with E-state index in [0.29, 0.717) is 56.4 Å². The lowest BCUT2D eigenvalue weighted by Crippen LogP contribution is -2.56. The van der Waals surface area contributed by atoms with Crippen molar-refractivity contribution < 1.29 is 72.1 Å². The van der Waals surface area contributed by atoms with Gasteiger partial charge in [-0.3, -0.25) is 57.6 Å². The van der Waals surface area contributed by atoms with Gasteiger partial charge in [-0.15, -0.1) is 0 Å². The van der Waals surface area contributed by atoms with E-state index >= 15 is 0 Å². The highest BCUT2D eigenvalue weighted by atomic mass is 31.2. The van der Waals surface area contributed by atoms with E-state index in [-0.39, 0.29) is 77.2 Å². The molecular formula is C62H89N12O15P. The molecule has 90 heavy (non-hydrogen) atoms. The number of allylic oxidation sites excluding steroid dienone is 6. The van der Waals surface area contributed by atoms with Crippen LogP contribution in [0.3, 0.4) is 0 Å². The number of ether oxygens (including phenoxy) is 1. The zero-order valence-corrected chi connectivity index (χ0v) is 54.0. The van der Waals surface area contributed by atoms with E-state index in [0.717, 1.165) is 11.1 Å². The van der Waals surface area contributed by atoms with Crippen LogP contribution in [0, 0.1) is 59.2 Å². The number of carbonyl (C=O) groups is 7. The number of phosphoric acid groups is 1. The molecule has 0 spiro atoms. The van der Waals surface area contributed by atoms with Gasteiger partial charge in [0.25, 0.3) is 0 Å². The predicted molar refractivity (Wildman–Crippen MR) is 332 cm³/mol. The number of nitrogens with two attached hydrogens (primary N) is 5. The number of nitrogens with zero attached hydrogens (tertiary/aromatic N) is 5. The van der Waals surface area contributed by atoms with E-state index < -0.39 is 143 Å².